The first kappa shape index (κ1) is 11.6. The van der Waals surface area contributed by atoms with Gasteiger partial charge in [-0.3, -0.25) is 0 Å². The average molecular weight is 227 g/mol. The smallest absolute Gasteiger partial charge is 0.335 e. The van der Waals surface area contributed by atoms with E-state index in [0.717, 1.165) is 0 Å². The SMILES string of the molecule is Cl.O=C(O)c1ccc(Cl)c(Cl)c1. The molecule has 2 nitrogen and oxygen atoms in total. The van der Waals surface area contributed by atoms with Gasteiger partial charge in [-0.2, -0.15) is 0 Å². The van der Waals surface area contributed by atoms with Gasteiger partial charge in [0.05, 0.1) is 15.6 Å². The number of rotatable bonds is 1. The first-order chi connectivity index (χ1) is 5.11. The van der Waals surface area contributed by atoms with Crippen LogP contribution in [0.25, 0.3) is 0 Å². The van der Waals surface area contributed by atoms with Crippen molar-refractivity contribution in [1.82, 2.24) is 0 Å². The molecule has 1 rings (SSSR count). The maximum absolute atomic E-state index is 10.4. The number of hydrogen-bond acceptors (Lipinski definition) is 1. The van der Waals surface area contributed by atoms with Gasteiger partial charge in [-0.1, -0.05) is 23.2 Å². The zero-order valence-electron chi connectivity index (χ0n) is 5.75. The highest BCUT2D eigenvalue weighted by atomic mass is 35.5. The molecular formula is C7H5Cl3O2. The summed E-state index contributed by atoms with van der Waals surface area (Å²) in [5.74, 6) is -1.01. The monoisotopic (exact) mass is 226 g/mol. The zero-order valence-corrected chi connectivity index (χ0v) is 8.08. The van der Waals surface area contributed by atoms with Crippen LogP contribution in [0.1, 0.15) is 10.4 Å². The number of benzene rings is 1. The van der Waals surface area contributed by atoms with Gasteiger partial charge in [0.1, 0.15) is 0 Å². The van der Waals surface area contributed by atoms with Crippen molar-refractivity contribution in [3.05, 3.63) is 33.8 Å². The Kier molecular flexibility index (Phi) is 4.39. The normalized spacial score (nSPS) is 8.83. The van der Waals surface area contributed by atoms with Crippen LogP contribution in [0.2, 0.25) is 10.0 Å². The second-order valence-corrected chi connectivity index (χ2v) is 2.75. The van der Waals surface area contributed by atoms with Crippen LogP contribution in [0, 0.1) is 0 Å². The number of halogens is 3. The molecule has 1 N–H and O–H groups in total. The van der Waals surface area contributed by atoms with E-state index in [-0.39, 0.29) is 23.0 Å². The Balaban J connectivity index is 0.00000121. The minimum atomic E-state index is -1.01. The van der Waals surface area contributed by atoms with Crippen molar-refractivity contribution in [3.63, 3.8) is 0 Å². The van der Waals surface area contributed by atoms with E-state index in [1.54, 1.807) is 0 Å². The molecule has 1 aromatic carbocycles. The van der Waals surface area contributed by atoms with E-state index < -0.39 is 5.97 Å². The van der Waals surface area contributed by atoms with E-state index in [9.17, 15) is 4.79 Å². The zero-order chi connectivity index (χ0) is 8.43. The molecule has 0 unspecified atom stereocenters. The Morgan fingerprint density at radius 2 is 1.83 bits per heavy atom. The summed E-state index contributed by atoms with van der Waals surface area (Å²) in [6.45, 7) is 0. The Bertz CT molecular complexity index is 299. The predicted molar refractivity (Wildman–Crippen MR) is 50.7 cm³/mol. The molecule has 0 atom stereocenters. The van der Waals surface area contributed by atoms with Crippen molar-refractivity contribution < 1.29 is 9.90 Å². The molecule has 0 aliphatic carbocycles. The van der Waals surface area contributed by atoms with Crippen LogP contribution in [0.15, 0.2) is 18.2 Å². The van der Waals surface area contributed by atoms with Gasteiger partial charge in [0.25, 0.3) is 0 Å². The number of carboxylic acid groups (broad SMARTS) is 1. The standard InChI is InChI=1S/C7H4Cl2O2.ClH/c8-5-2-1-4(7(10)11)3-6(5)9;/h1-3H,(H,10,11);1H. The lowest BCUT2D eigenvalue weighted by Crippen LogP contribution is -1.94. The fourth-order valence-electron chi connectivity index (χ4n) is 0.629. The van der Waals surface area contributed by atoms with E-state index in [1.807, 2.05) is 0 Å². The number of hydrogen-bond donors (Lipinski definition) is 1. The summed E-state index contributed by atoms with van der Waals surface area (Å²) in [5.41, 5.74) is 0.138. The first-order valence-corrected chi connectivity index (χ1v) is 3.55. The van der Waals surface area contributed by atoms with E-state index in [4.69, 9.17) is 28.3 Å². The molecular weight excluding hydrogens is 222 g/mol. The van der Waals surface area contributed by atoms with Gasteiger partial charge in [-0.25, -0.2) is 4.79 Å². The minimum Gasteiger partial charge on any atom is -0.478 e. The molecule has 0 aliphatic rings. The van der Waals surface area contributed by atoms with Gasteiger partial charge in [0.2, 0.25) is 0 Å². The van der Waals surface area contributed by atoms with Crippen molar-refractivity contribution in [1.29, 1.82) is 0 Å². The van der Waals surface area contributed by atoms with Gasteiger partial charge in [0.15, 0.2) is 0 Å². The highest BCUT2D eigenvalue weighted by Crippen LogP contribution is 2.22. The van der Waals surface area contributed by atoms with Crippen molar-refractivity contribution in [2.24, 2.45) is 0 Å². The number of carboxylic acids is 1. The summed E-state index contributed by atoms with van der Waals surface area (Å²) in [6, 6.07) is 4.16. The molecule has 0 heterocycles. The largest absolute Gasteiger partial charge is 0.478 e. The molecule has 0 radical (unpaired) electrons. The van der Waals surface area contributed by atoms with E-state index in [2.05, 4.69) is 0 Å². The highest BCUT2D eigenvalue weighted by Gasteiger charge is 2.04. The predicted octanol–water partition coefficient (Wildman–Crippen LogP) is 3.11. The van der Waals surface area contributed by atoms with Gasteiger partial charge >= 0.3 is 5.97 Å². The van der Waals surface area contributed by atoms with Crippen molar-refractivity contribution >= 4 is 41.6 Å². The van der Waals surface area contributed by atoms with Crippen LogP contribution in [-0.2, 0) is 0 Å². The number of aromatic carboxylic acids is 1. The lowest BCUT2D eigenvalue weighted by molar-refractivity contribution is 0.0697. The van der Waals surface area contributed by atoms with E-state index in [0.29, 0.717) is 5.02 Å². The Labute approximate surface area is 85.5 Å². The van der Waals surface area contributed by atoms with Gasteiger partial charge in [0, 0.05) is 0 Å². The van der Waals surface area contributed by atoms with Crippen LogP contribution < -0.4 is 0 Å². The molecule has 1 aromatic rings. The summed E-state index contributed by atoms with van der Waals surface area (Å²) < 4.78 is 0. The maximum atomic E-state index is 10.4. The molecule has 12 heavy (non-hydrogen) atoms. The Morgan fingerprint density at radius 3 is 2.25 bits per heavy atom. The molecule has 0 amide bonds. The molecule has 5 heteroatoms. The van der Waals surface area contributed by atoms with E-state index >= 15 is 0 Å². The van der Waals surface area contributed by atoms with E-state index in [1.165, 1.54) is 18.2 Å². The Hall–Kier alpha value is -0.440. The third-order valence-corrected chi connectivity index (χ3v) is 1.91. The number of carbonyl (C=O) groups is 1. The summed E-state index contributed by atoms with van der Waals surface area (Å²) in [4.78, 5) is 10.4. The molecule has 0 saturated heterocycles. The fourth-order valence-corrected chi connectivity index (χ4v) is 0.927. The minimum absolute atomic E-state index is 0. The van der Waals surface area contributed by atoms with Gasteiger partial charge < -0.3 is 5.11 Å². The lowest BCUT2D eigenvalue weighted by Gasteiger charge is -1.96. The quantitative estimate of drug-likeness (QED) is 0.800. The van der Waals surface area contributed by atoms with Crippen LogP contribution in [0.3, 0.4) is 0 Å². The first-order valence-electron chi connectivity index (χ1n) is 2.79. The molecule has 0 aromatic heterocycles. The van der Waals surface area contributed by atoms with Crippen LogP contribution in [0.5, 0.6) is 0 Å². The second-order valence-electron chi connectivity index (χ2n) is 1.93. The Morgan fingerprint density at radius 1 is 1.25 bits per heavy atom. The molecule has 0 spiro atoms. The second kappa shape index (κ2) is 4.55. The summed E-state index contributed by atoms with van der Waals surface area (Å²) >= 11 is 11.1. The van der Waals surface area contributed by atoms with Crippen LogP contribution in [-0.4, -0.2) is 11.1 Å². The van der Waals surface area contributed by atoms with Gasteiger partial charge in [-0.15, -0.1) is 12.4 Å². The molecule has 66 valence electrons. The molecule has 0 aliphatic heterocycles. The van der Waals surface area contributed by atoms with Crippen molar-refractivity contribution in [2.45, 2.75) is 0 Å². The lowest BCUT2D eigenvalue weighted by atomic mass is 10.2. The van der Waals surface area contributed by atoms with Crippen LogP contribution >= 0.6 is 35.6 Å². The summed E-state index contributed by atoms with van der Waals surface area (Å²) in [6.07, 6.45) is 0. The van der Waals surface area contributed by atoms with Gasteiger partial charge in [-0.05, 0) is 18.2 Å². The summed E-state index contributed by atoms with van der Waals surface area (Å²) in [5, 5.41) is 9.11. The topological polar surface area (TPSA) is 37.3 Å². The molecule has 0 fully saturated rings. The third kappa shape index (κ3) is 2.55. The fraction of sp³-hybridized carbons (Fsp3) is 0. The summed E-state index contributed by atoms with van der Waals surface area (Å²) in [7, 11) is 0. The third-order valence-electron chi connectivity index (χ3n) is 1.17. The average Bonchev–Trinajstić information content (AvgIpc) is 1.94. The van der Waals surface area contributed by atoms with Crippen molar-refractivity contribution in [3.8, 4) is 0 Å². The van der Waals surface area contributed by atoms with Crippen molar-refractivity contribution in [2.75, 3.05) is 0 Å². The molecule has 0 saturated carbocycles. The highest BCUT2D eigenvalue weighted by molar-refractivity contribution is 6.42. The molecule has 0 bridgehead atoms. The van der Waals surface area contributed by atoms with Crippen LogP contribution in [0.4, 0.5) is 0 Å². The maximum Gasteiger partial charge on any atom is 0.335 e.